The standard InChI is InChI=1S/C19H22N4OS2/c1-4-9-23(19(25)20-15-11-13(2)7-8-14(15)3)12-17-21-22-18(24-17)16-6-5-10-26-16/h5-8,10-11H,4,9,12H2,1-3H3,(H,20,25). The van der Waals surface area contributed by atoms with Crippen molar-refractivity contribution >= 4 is 34.4 Å². The van der Waals surface area contributed by atoms with Gasteiger partial charge in [0.25, 0.3) is 5.89 Å². The lowest BCUT2D eigenvalue weighted by atomic mass is 10.1. The topological polar surface area (TPSA) is 54.2 Å². The number of aromatic nitrogens is 2. The zero-order valence-corrected chi connectivity index (χ0v) is 16.8. The molecule has 0 unspecified atom stereocenters. The lowest BCUT2D eigenvalue weighted by molar-refractivity contribution is 0.359. The van der Waals surface area contributed by atoms with Gasteiger partial charge in [0.15, 0.2) is 5.11 Å². The van der Waals surface area contributed by atoms with Crippen LogP contribution in [0.25, 0.3) is 10.8 Å². The number of aryl methyl sites for hydroxylation is 2. The van der Waals surface area contributed by atoms with Gasteiger partial charge < -0.3 is 14.6 Å². The SMILES string of the molecule is CCCN(Cc1nnc(-c2cccs2)o1)C(=S)Nc1cc(C)ccc1C. The number of rotatable bonds is 6. The molecule has 0 bridgehead atoms. The summed E-state index contributed by atoms with van der Waals surface area (Å²) in [6.07, 6.45) is 0.973. The maximum absolute atomic E-state index is 5.81. The molecular weight excluding hydrogens is 364 g/mol. The Labute approximate surface area is 163 Å². The van der Waals surface area contributed by atoms with E-state index in [1.807, 2.05) is 17.5 Å². The lowest BCUT2D eigenvalue weighted by Gasteiger charge is -2.24. The molecule has 0 saturated carbocycles. The van der Waals surface area contributed by atoms with Crippen LogP contribution in [-0.4, -0.2) is 26.8 Å². The van der Waals surface area contributed by atoms with Gasteiger partial charge in [0.1, 0.15) is 0 Å². The van der Waals surface area contributed by atoms with E-state index in [1.165, 1.54) is 5.56 Å². The van der Waals surface area contributed by atoms with Gasteiger partial charge in [-0.25, -0.2) is 0 Å². The molecule has 3 aromatic rings. The molecule has 7 heteroatoms. The van der Waals surface area contributed by atoms with Crippen LogP contribution < -0.4 is 5.32 Å². The van der Waals surface area contributed by atoms with Gasteiger partial charge in [0, 0.05) is 12.2 Å². The minimum absolute atomic E-state index is 0.489. The van der Waals surface area contributed by atoms with E-state index in [4.69, 9.17) is 16.6 Å². The summed E-state index contributed by atoms with van der Waals surface area (Å²) in [5.74, 6) is 1.12. The summed E-state index contributed by atoms with van der Waals surface area (Å²) in [6.45, 7) is 7.57. The molecule has 0 aliphatic carbocycles. The van der Waals surface area contributed by atoms with E-state index >= 15 is 0 Å². The van der Waals surface area contributed by atoms with Crippen LogP contribution in [0, 0.1) is 13.8 Å². The van der Waals surface area contributed by atoms with Crippen molar-refractivity contribution in [1.29, 1.82) is 0 Å². The molecule has 1 aromatic carbocycles. The van der Waals surface area contributed by atoms with E-state index in [1.54, 1.807) is 11.3 Å². The van der Waals surface area contributed by atoms with Gasteiger partial charge in [-0.05, 0) is 61.1 Å². The summed E-state index contributed by atoms with van der Waals surface area (Å²) >= 11 is 7.22. The third kappa shape index (κ3) is 4.47. The number of benzene rings is 1. The number of nitrogens with zero attached hydrogens (tertiary/aromatic N) is 3. The van der Waals surface area contributed by atoms with E-state index in [-0.39, 0.29) is 0 Å². The fraction of sp³-hybridized carbons (Fsp3) is 0.316. The van der Waals surface area contributed by atoms with Crippen LogP contribution in [0.3, 0.4) is 0 Å². The maximum atomic E-state index is 5.81. The molecule has 0 saturated heterocycles. The lowest BCUT2D eigenvalue weighted by Crippen LogP contribution is -2.35. The average Bonchev–Trinajstić information content (AvgIpc) is 3.29. The molecule has 0 radical (unpaired) electrons. The molecule has 0 aliphatic rings. The zero-order valence-electron chi connectivity index (χ0n) is 15.2. The predicted octanol–water partition coefficient (Wildman–Crippen LogP) is 5.02. The van der Waals surface area contributed by atoms with Crippen LogP contribution in [0.5, 0.6) is 0 Å². The van der Waals surface area contributed by atoms with Crippen molar-refractivity contribution in [3.63, 3.8) is 0 Å². The number of hydrogen-bond acceptors (Lipinski definition) is 5. The van der Waals surface area contributed by atoms with Gasteiger partial charge in [-0.15, -0.1) is 21.5 Å². The fourth-order valence-electron chi connectivity index (χ4n) is 2.57. The monoisotopic (exact) mass is 386 g/mol. The van der Waals surface area contributed by atoms with Crippen molar-refractivity contribution in [3.05, 3.63) is 52.7 Å². The molecule has 0 fully saturated rings. The summed E-state index contributed by atoms with van der Waals surface area (Å²) in [7, 11) is 0. The quantitative estimate of drug-likeness (QED) is 0.600. The van der Waals surface area contributed by atoms with Crippen molar-refractivity contribution in [1.82, 2.24) is 15.1 Å². The first-order chi connectivity index (χ1) is 12.6. The highest BCUT2D eigenvalue weighted by Gasteiger charge is 2.16. The minimum atomic E-state index is 0.489. The largest absolute Gasteiger partial charge is 0.418 e. The Hall–Kier alpha value is -2.25. The molecule has 0 atom stereocenters. The highest BCUT2D eigenvalue weighted by Crippen LogP contribution is 2.23. The summed E-state index contributed by atoms with van der Waals surface area (Å²) in [5, 5.41) is 14.3. The second kappa shape index (κ2) is 8.42. The first-order valence-corrected chi connectivity index (χ1v) is 9.85. The minimum Gasteiger partial charge on any atom is -0.418 e. The second-order valence-corrected chi connectivity index (χ2v) is 7.48. The third-order valence-corrected chi connectivity index (χ3v) is 5.16. The van der Waals surface area contributed by atoms with E-state index < -0.39 is 0 Å². The Morgan fingerprint density at radius 1 is 1.27 bits per heavy atom. The summed E-state index contributed by atoms with van der Waals surface area (Å²) in [6, 6.07) is 10.2. The zero-order chi connectivity index (χ0) is 18.5. The molecule has 1 N–H and O–H groups in total. The van der Waals surface area contributed by atoms with Gasteiger partial charge in [-0.3, -0.25) is 0 Å². The molecular formula is C19H22N4OS2. The summed E-state index contributed by atoms with van der Waals surface area (Å²) in [5.41, 5.74) is 3.38. The smallest absolute Gasteiger partial charge is 0.257 e. The van der Waals surface area contributed by atoms with Crippen LogP contribution in [0.2, 0.25) is 0 Å². The predicted molar refractivity (Wildman–Crippen MR) is 110 cm³/mol. The molecule has 0 spiro atoms. The fourth-order valence-corrected chi connectivity index (χ4v) is 3.48. The van der Waals surface area contributed by atoms with Gasteiger partial charge >= 0.3 is 0 Å². The highest BCUT2D eigenvalue weighted by atomic mass is 32.1. The van der Waals surface area contributed by atoms with Crippen LogP contribution >= 0.6 is 23.6 Å². The van der Waals surface area contributed by atoms with Crippen molar-refractivity contribution in [2.24, 2.45) is 0 Å². The Morgan fingerprint density at radius 3 is 2.85 bits per heavy atom. The van der Waals surface area contributed by atoms with Crippen molar-refractivity contribution in [3.8, 4) is 10.8 Å². The van der Waals surface area contributed by atoms with Crippen LogP contribution in [-0.2, 0) is 6.54 Å². The van der Waals surface area contributed by atoms with Gasteiger partial charge in [0.05, 0.1) is 11.4 Å². The van der Waals surface area contributed by atoms with Gasteiger partial charge in [-0.1, -0.05) is 25.1 Å². The Kier molecular flexibility index (Phi) is 6.00. The maximum Gasteiger partial charge on any atom is 0.257 e. The second-order valence-electron chi connectivity index (χ2n) is 6.15. The first-order valence-electron chi connectivity index (χ1n) is 8.56. The van der Waals surface area contributed by atoms with Crippen LogP contribution in [0.1, 0.15) is 30.4 Å². The third-order valence-electron chi connectivity index (χ3n) is 3.94. The Balaban J connectivity index is 1.72. The Bertz CT molecular complexity index is 874. The number of anilines is 1. The van der Waals surface area contributed by atoms with Crippen molar-refractivity contribution in [2.75, 3.05) is 11.9 Å². The van der Waals surface area contributed by atoms with Crippen molar-refractivity contribution in [2.45, 2.75) is 33.7 Å². The van der Waals surface area contributed by atoms with Crippen LogP contribution in [0.15, 0.2) is 40.1 Å². The molecule has 2 aromatic heterocycles. The van der Waals surface area contributed by atoms with E-state index in [0.29, 0.717) is 23.4 Å². The number of thiophene rings is 1. The molecule has 0 aliphatic heterocycles. The Morgan fingerprint density at radius 2 is 2.12 bits per heavy atom. The molecule has 26 heavy (non-hydrogen) atoms. The van der Waals surface area contributed by atoms with Crippen molar-refractivity contribution < 1.29 is 4.42 Å². The van der Waals surface area contributed by atoms with E-state index in [9.17, 15) is 0 Å². The van der Waals surface area contributed by atoms with E-state index in [0.717, 1.165) is 29.1 Å². The van der Waals surface area contributed by atoms with E-state index in [2.05, 4.69) is 59.4 Å². The number of hydrogen-bond donors (Lipinski definition) is 1. The van der Waals surface area contributed by atoms with Crippen LogP contribution in [0.4, 0.5) is 5.69 Å². The molecule has 3 rings (SSSR count). The number of thiocarbonyl (C=S) groups is 1. The molecule has 0 amide bonds. The molecule has 2 heterocycles. The summed E-state index contributed by atoms with van der Waals surface area (Å²) < 4.78 is 5.81. The summed E-state index contributed by atoms with van der Waals surface area (Å²) in [4.78, 5) is 3.03. The van der Waals surface area contributed by atoms with Gasteiger partial charge in [-0.2, -0.15) is 0 Å². The number of nitrogens with one attached hydrogen (secondary N) is 1. The average molecular weight is 387 g/mol. The van der Waals surface area contributed by atoms with Gasteiger partial charge in [0.2, 0.25) is 5.89 Å². The normalized spacial score (nSPS) is 10.7. The molecule has 136 valence electrons. The highest BCUT2D eigenvalue weighted by molar-refractivity contribution is 7.80. The molecule has 5 nitrogen and oxygen atoms in total. The first kappa shape index (κ1) is 18.5.